The maximum atomic E-state index is 12.1. The van der Waals surface area contributed by atoms with Crippen LogP contribution in [0.2, 0.25) is 0 Å². The van der Waals surface area contributed by atoms with E-state index in [-0.39, 0.29) is 30.8 Å². The quantitative estimate of drug-likeness (QED) is 0.764. The number of carboxylic acids is 1. The molecule has 2 rings (SSSR count). The Bertz CT molecular complexity index is 522. The normalized spacial score (nSPS) is 18.4. The van der Waals surface area contributed by atoms with E-state index in [1.807, 2.05) is 0 Å². The van der Waals surface area contributed by atoms with Gasteiger partial charge in [0.05, 0.1) is 19.6 Å². The van der Waals surface area contributed by atoms with E-state index in [1.165, 1.54) is 0 Å². The Morgan fingerprint density at radius 3 is 2.65 bits per heavy atom. The third-order valence-corrected chi connectivity index (χ3v) is 3.99. The molecule has 0 spiro atoms. The first-order valence-corrected chi connectivity index (χ1v) is 7.82. The summed E-state index contributed by atoms with van der Waals surface area (Å²) in [7, 11) is 1.57. The number of carbonyl (C=O) groups excluding carboxylic acids is 1. The van der Waals surface area contributed by atoms with Crippen molar-refractivity contribution in [1.29, 1.82) is 0 Å². The second-order valence-corrected chi connectivity index (χ2v) is 5.71. The minimum atomic E-state index is -0.919. The van der Waals surface area contributed by atoms with Gasteiger partial charge in [0.25, 0.3) is 0 Å². The lowest BCUT2D eigenvalue weighted by molar-refractivity contribution is -0.137. The molecule has 1 aliphatic rings. The van der Waals surface area contributed by atoms with Gasteiger partial charge in [-0.2, -0.15) is 0 Å². The predicted molar refractivity (Wildman–Crippen MR) is 84.6 cm³/mol. The molecule has 6 heteroatoms. The first kappa shape index (κ1) is 17.3. The topological polar surface area (TPSA) is 84.9 Å². The molecule has 1 heterocycles. The molecule has 0 saturated carbocycles. The number of rotatable bonds is 8. The van der Waals surface area contributed by atoms with Crippen molar-refractivity contribution in [3.63, 3.8) is 0 Å². The molecule has 1 aliphatic heterocycles. The van der Waals surface area contributed by atoms with Gasteiger partial charge in [0.15, 0.2) is 0 Å². The number of ether oxygens (including phenoxy) is 2. The highest BCUT2D eigenvalue weighted by molar-refractivity contribution is 5.78. The van der Waals surface area contributed by atoms with Gasteiger partial charge >= 0.3 is 5.97 Å². The molecule has 0 radical (unpaired) electrons. The van der Waals surface area contributed by atoms with Crippen molar-refractivity contribution in [1.82, 2.24) is 5.32 Å². The standard InChI is InChI=1S/C17H23NO5/c1-22-14-6-4-12(5-7-14)13(10-17(20)21)9-16(19)18-11-15-3-2-8-23-15/h4-7,13,15H,2-3,8-11H2,1H3,(H,18,19)(H,20,21)/t13-,15-/m1/s1. The minimum absolute atomic E-state index is 0.0814. The smallest absolute Gasteiger partial charge is 0.303 e. The zero-order chi connectivity index (χ0) is 16.7. The lowest BCUT2D eigenvalue weighted by atomic mass is 9.92. The third-order valence-electron chi connectivity index (χ3n) is 3.99. The van der Waals surface area contributed by atoms with E-state index >= 15 is 0 Å². The van der Waals surface area contributed by atoms with Gasteiger partial charge in [0.2, 0.25) is 5.91 Å². The summed E-state index contributed by atoms with van der Waals surface area (Å²) in [5.74, 6) is -0.728. The number of benzene rings is 1. The van der Waals surface area contributed by atoms with Crippen LogP contribution in [-0.2, 0) is 14.3 Å². The summed E-state index contributed by atoms with van der Waals surface area (Å²) in [6.45, 7) is 1.23. The summed E-state index contributed by atoms with van der Waals surface area (Å²) in [4.78, 5) is 23.2. The van der Waals surface area contributed by atoms with Gasteiger partial charge in [-0.05, 0) is 30.5 Å². The maximum Gasteiger partial charge on any atom is 0.303 e. The van der Waals surface area contributed by atoms with E-state index < -0.39 is 5.97 Å². The Morgan fingerprint density at radius 2 is 2.09 bits per heavy atom. The van der Waals surface area contributed by atoms with Crippen LogP contribution in [0.5, 0.6) is 5.75 Å². The Kier molecular flexibility index (Phi) is 6.40. The monoisotopic (exact) mass is 321 g/mol. The fourth-order valence-electron chi connectivity index (χ4n) is 2.72. The van der Waals surface area contributed by atoms with Crippen LogP contribution in [0.3, 0.4) is 0 Å². The molecule has 0 aliphatic carbocycles. The average Bonchev–Trinajstić information content (AvgIpc) is 3.05. The largest absolute Gasteiger partial charge is 0.497 e. The third kappa shape index (κ3) is 5.56. The van der Waals surface area contributed by atoms with Crippen LogP contribution >= 0.6 is 0 Å². The van der Waals surface area contributed by atoms with Gasteiger partial charge < -0.3 is 19.9 Å². The minimum Gasteiger partial charge on any atom is -0.497 e. The summed E-state index contributed by atoms with van der Waals surface area (Å²) in [5.41, 5.74) is 0.820. The van der Waals surface area contributed by atoms with E-state index in [4.69, 9.17) is 14.6 Å². The Balaban J connectivity index is 1.93. The predicted octanol–water partition coefficient (Wildman–Crippen LogP) is 1.94. The summed E-state index contributed by atoms with van der Waals surface area (Å²) in [6.07, 6.45) is 2.12. The number of nitrogens with one attached hydrogen (secondary N) is 1. The SMILES string of the molecule is COc1ccc([C@@H](CC(=O)O)CC(=O)NC[C@H]2CCCO2)cc1. The molecule has 23 heavy (non-hydrogen) atoms. The molecule has 126 valence electrons. The van der Waals surface area contributed by atoms with Gasteiger partial charge in [-0.1, -0.05) is 12.1 Å². The number of carboxylic acid groups (broad SMARTS) is 1. The second kappa shape index (κ2) is 8.53. The highest BCUT2D eigenvalue weighted by atomic mass is 16.5. The highest BCUT2D eigenvalue weighted by Gasteiger charge is 2.21. The van der Waals surface area contributed by atoms with Crippen LogP contribution in [0, 0.1) is 0 Å². The van der Waals surface area contributed by atoms with Gasteiger partial charge in [-0.25, -0.2) is 0 Å². The highest BCUT2D eigenvalue weighted by Crippen LogP contribution is 2.25. The maximum absolute atomic E-state index is 12.1. The number of hydrogen-bond donors (Lipinski definition) is 2. The number of aliphatic carboxylic acids is 1. The van der Waals surface area contributed by atoms with E-state index in [0.717, 1.165) is 25.0 Å². The van der Waals surface area contributed by atoms with Crippen LogP contribution in [0.4, 0.5) is 0 Å². The van der Waals surface area contributed by atoms with Crippen molar-refractivity contribution in [2.45, 2.75) is 37.7 Å². The molecule has 0 unspecified atom stereocenters. The lowest BCUT2D eigenvalue weighted by Gasteiger charge is -2.17. The Labute approximate surface area is 135 Å². The summed E-state index contributed by atoms with van der Waals surface area (Å²) < 4.78 is 10.6. The van der Waals surface area contributed by atoms with Crippen LogP contribution in [0.1, 0.15) is 37.2 Å². The summed E-state index contributed by atoms with van der Waals surface area (Å²) >= 11 is 0. The molecular weight excluding hydrogens is 298 g/mol. The zero-order valence-electron chi connectivity index (χ0n) is 13.3. The van der Waals surface area contributed by atoms with Gasteiger partial charge in [0.1, 0.15) is 5.75 Å². The Hall–Kier alpha value is -2.08. The number of hydrogen-bond acceptors (Lipinski definition) is 4. The number of amides is 1. The average molecular weight is 321 g/mol. The fraction of sp³-hybridized carbons (Fsp3) is 0.529. The molecule has 1 aromatic carbocycles. The zero-order valence-corrected chi connectivity index (χ0v) is 13.3. The van der Waals surface area contributed by atoms with Crippen LogP contribution in [0.25, 0.3) is 0 Å². The van der Waals surface area contributed by atoms with Crippen molar-refractivity contribution in [2.75, 3.05) is 20.3 Å². The van der Waals surface area contributed by atoms with E-state index in [9.17, 15) is 9.59 Å². The van der Waals surface area contributed by atoms with Crippen molar-refractivity contribution < 1.29 is 24.2 Å². The molecule has 1 saturated heterocycles. The number of methoxy groups -OCH3 is 1. The van der Waals surface area contributed by atoms with E-state index in [0.29, 0.717) is 12.3 Å². The summed E-state index contributed by atoms with van der Waals surface area (Å²) in [6, 6.07) is 7.16. The number of carbonyl (C=O) groups is 2. The second-order valence-electron chi connectivity index (χ2n) is 5.71. The lowest BCUT2D eigenvalue weighted by Crippen LogP contribution is -2.32. The van der Waals surface area contributed by atoms with Gasteiger partial charge in [-0.15, -0.1) is 0 Å². The molecule has 1 fully saturated rings. The van der Waals surface area contributed by atoms with Crippen molar-refractivity contribution >= 4 is 11.9 Å². The van der Waals surface area contributed by atoms with Gasteiger partial charge in [0, 0.05) is 25.5 Å². The first-order valence-electron chi connectivity index (χ1n) is 7.82. The van der Waals surface area contributed by atoms with Crippen molar-refractivity contribution in [3.8, 4) is 5.75 Å². The van der Waals surface area contributed by atoms with Gasteiger partial charge in [-0.3, -0.25) is 9.59 Å². The summed E-state index contributed by atoms with van der Waals surface area (Å²) in [5, 5.41) is 11.9. The Morgan fingerprint density at radius 1 is 1.35 bits per heavy atom. The molecule has 0 bridgehead atoms. The van der Waals surface area contributed by atoms with Crippen LogP contribution in [0.15, 0.2) is 24.3 Å². The van der Waals surface area contributed by atoms with E-state index in [2.05, 4.69) is 5.32 Å². The molecule has 2 atom stereocenters. The van der Waals surface area contributed by atoms with Crippen molar-refractivity contribution in [3.05, 3.63) is 29.8 Å². The molecule has 1 aromatic rings. The van der Waals surface area contributed by atoms with Crippen LogP contribution in [-0.4, -0.2) is 43.3 Å². The molecule has 2 N–H and O–H groups in total. The van der Waals surface area contributed by atoms with Crippen LogP contribution < -0.4 is 10.1 Å². The van der Waals surface area contributed by atoms with Crippen molar-refractivity contribution in [2.24, 2.45) is 0 Å². The fourth-order valence-corrected chi connectivity index (χ4v) is 2.72. The van der Waals surface area contributed by atoms with E-state index in [1.54, 1.807) is 31.4 Å². The molecule has 0 aromatic heterocycles. The first-order chi connectivity index (χ1) is 11.1. The molecular formula is C17H23NO5. The molecule has 6 nitrogen and oxygen atoms in total. The molecule has 1 amide bonds.